The number of benzene rings is 3. The zero-order valence-electron chi connectivity index (χ0n) is 16.6. The first kappa shape index (κ1) is 21.7. The highest BCUT2D eigenvalue weighted by molar-refractivity contribution is 5.49. The normalized spacial score (nSPS) is 13.1. The van der Waals surface area contributed by atoms with E-state index >= 15 is 0 Å². The number of phenols is 1. The topological polar surface area (TPSA) is 69.7 Å². The minimum atomic E-state index is -0.691. The van der Waals surface area contributed by atoms with Gasteiger partial charge in [-0.05, 0) is 78.9 Å². The van der Waals surface area contributed by atoms with E-state index in [1.54, 1.807) is 36.4 Å². The van der Waals surface area contributed by atoms with E-state index in [0.29, 0.717) is 24.8 Å². The second-order valence-electron chi connectivity index (χ2n) is 7.23. The van der Waals surface area contributed by atoms with Crippen LogP contribution in [-0.4, -0.2) is 16.9 Å². The van der Waals surface area contributed by atoms with Crippen LogP contribution >= 0.6 is 0 Å². The molecule has 2 unspecified atom stereocenters. The number of hydrogen-bond donors (Lipinski definition) is 3. The molecule has 0 saturated heterocycles. The molecule has 158 valence electrons. The Morgan fingerprint density at radius 1 is 0.767 bits per heavy atom. The number of rotatable bonds is 9. The lowest BCUT2D eigenvalue weighted by atomic mass is 9.96. The van der Waals surface area contributed by atoms with Gasteiger partial charge in [-0.25, -0.2) is 8.78 Å². The highest BCUT2D eigenvalue weighted by Gasteiger charge is 2.21. The van der Waals surface area contributed by atoms with Crippen molar-refractivity contribution in [3.8, 4) is 5.75 Å². The van der Waals surface area contributed by atoms with Gasteiger partial charge in [0.15, 0.2) is 0 Å². The van der Waals surface area contributed by atoms with Crippen LogP contribution in [0.4, 0.5) is 14.5 Å². The van der Waals surface area contributed by atoms with Crippen molar-refractivity contribution in [3.63, 3.8) is 0 Å². The van der Waals surface area contributed by atoms with E-state index in [4.69, 9.17) is 5.73 Å². The molecule has 0 amide bonds. The fourth-order valence-corrected chi connectivity index (χ4v) is 3.60. The molecule has 0 aliphatic rings. The molecule has 0 aromatic heterocycles. The predicted octanol–water partition coefficient (Wildman–Crippen LogP) is 5.04. The summed E-state index contributed by atoms with van der Waals surface area (Å²) in [7, 11) is 0. The monoisotopic (exact) mass is 412 g/mol. The summed E-state index contributed by atoms with van der Waals surface area (Å²) in [6.45, 7) is 0.220. The van der Waals surface area contributed by atoms with Crippen molar-refractivity contribution in [2.75, 3.05) is 11.6 Å². The van der Waals surface area contributed by atoms with Gasteiger partial charge in [-0.2, -0.15) is 0 Å². The Kier molecular flexibility index (Phi) is 7.38. The number of phenolic OH excluding ortho intramolecular Hbond substituents is 1. The molecule has 0 bridgehead atoms. The highest BCUT2D eigenvalue weighted by atomic mass is 19.1. The first-order chi connectivity index (χ1) is 14.5. The van der Waals surface area contributed by atoms with E-state index in [1.807, 2.05) is 17.0 Å². The second-order valence-corrected chi connectivity index (χ2v) is 7.23. The van der Waals surface area contributed by atoms with Crippen LogP contribution in [0.2, 0.25) is 0 Å². The average molecular weight is 412 g/mol. The van der Waals surface area contributed by atoms with Gasteiger partial charge in [0.2, 0.25) is 0 Å². The number of anilines is 1. The molecule has 3 aromatic rings. The van der Waals surface area contributed by atoms with Crippen molar-refractivity contribution < 1.29 is 19.0 Å². The molecule has 0 saturated carbocycles. The summed E-state index contributed by atoms with van der Waals surface area (Å²) in [5.41, 5.74) is 8.46. The number of aliphatic hydroxyl groups is 1. The molecular weight excluding hydrogens is 386 g/mol. The lowest BCUT2D eigenvalue weighted by Gasteiger charge is -2.33. The van der Waals surface area contributed by atoms with Gasteiger partial charge in [-0.3, -0.25) is 0 Å². The van der Waals surface area contributed by atoms with Crippen LogP contribution in [0.25, 0.3) is 0 Å². The minimum absolute atomic E-state index is 0.124. The Morgan fingerprint density at radius 2 is 1.30 bits per heavy atom. The molecule has 4 nitrogen and oxygen atoms in total. The Bertz CT molecular complexity index is 915. The summed E-state index contributed by atoms with van der Waals surface area (Å²) in [6.07, 6.45) is 1.17. The van der Waals surface area contributed by atoms with E-state index in [1.165, 1.54) is 24.3 Å². The lowest BCUT2D eigenvalue weighted by molar-refractivity contribution is 0.162. The summed E-state index contributed by atoms with van der Waals surface area (Å²) >= 11 is 0. The standard InChI is InChI=1S/C24H26F2N2O2/c25-19-8-4-18(5-9-19)24(30)3-1-2-23(17-6-14-22(29)15-7-17)28(16-27)21-12-10-20(26)11-13-21/h4-15,23-24,29-30H,1-3,16,27H2. The van der Waals surface area contributed by atoms with E-state index in [2.05, 4.69) is 0 Å². The first-order valence-corrected chi connectivity index (χ1v) is 9.92. The van der Waals surface area contributed by atoms with Crippen LogP contribution in [0, 0.1) is 11.6 Å². The van der Waals surface area contributed by atoms with Gasteiger partial charge in [-0.1, -0.05) is 24.3 Å². The number of nitrogens with zero attached hydrogens (tertiary/aromatic N) is 1. The maximum Gasteiger partial charge on any atom is 0.123 e. The highest BCUT2D eigenvalue weighted by Crippen LogP contribution is 2.33. The van der Waals surface area contributed by atoms with Crippen molar-refractivity contribution in [2.45, 2.75) is 31.4 Å². The van der Waals surface area contributed by atoms with Gasteiger partial charge in [0.25, 0.3) is 0 Å². The third-order valence-corrected chi connectivity index (χ3v) is 5.22. The molecule has 6 heteroatoms. The predicted molar refractivity (Wildman–Crippen MR) is 114 cm³/mol. The zero-order chi connectivity index (χ0) is 21.5. The number of aromatic hydroxyl groups is 1. The molecule has 3 aromatic carbocycles. The van der Waals surface area contributed by atoms with Gasteiger partial charge in [0, 0.05) is 5.69 Å². The minimum Gasteiger partial charge on any atom is -0.508 e. The maximum absolute atomic E-state index is 13.4. The average Bonchev–Trinajstić information content (AvgIpc) is 2.75. The lowest BCUT2D eigenvalue weighted by Crippen LogP contribution is -2.34. The summed E-state index contributed by atoms with van der Waals surface area (Å²) in [5.74, 6) is -0.485. The van der Waals surface area contributed by atoms with Crippen molar-refractivity contribution >= 4 is 5.69 Å². The van der Waals surface area contributed by atoms with Crippen LogP contribution in [-0.2, 0) is 0 Å². The van der Waals surface area contributed by atoms with E-state index in [0.717, 1.165) is 11.3 Å². The molecule has 0 spiro atoms. The molecule has 2 atom stereocenters. The summed E-state index contributed by atoms with van der Waals surface area (Å²) in [5, 5.41) is 20.1. The molecule has 3 rings (SSSR count). The van der Waals surface area contributed by atoms with Gasteiger partial charge in [0.1, 0.15) is 17.4 Å². The SMILES string of the molecule is NCN(c1ccc(F)cc1)C(CCCC(O)c1ccc(F)cc1)c1ccc(O)cc1. The van der Waals surface area contributed by atoms with E-state index < -0.39 is 6.10 Å². The van der Waals surface area contributed by atoms with Crippen LogP contribution < -0.4 is 10.6 Å². The molecule has 4 N–H and O–H groups in total. The quantitative estimate of drug-likeness (QED) is 0.431. The van der Waals surface area contributed by atoms with Crippen molar-refractivity contribution in [1.29, 1.82) is 0 Å². The summed E-state index contributed by atoms with van der Waals surface area (Å²) < 4.78 is 26.5. The smallest absolute Gasteiger partial charge is 0.123 e. The van der Waals surface area contributed by atoms with Gasteiger partial charge in [-0.15, -0.1) is 0 Å². The number of aliphatic hydroxyl groups excluding tert-OH is 1. The van der Waals surface area contributed by atoms with Gasteiger partial charge in [0.05, 0.1) is 18.8 Å². The fourth-order valence-electron chi connectivity index (χ4n) is 3.60. The van der Waals surface area contributed by atoms with E-state index in [9.17, 15) is 19.0 Å². The van der Waals surface area contributed by atoms with Crippen molar-refractivity contribution in [2.24, 2.45) is 5.73 Å². The van der Waals surface area contributed by atoms with E-state index in [-0.39, 0.29) is 30.1 Å². The third kappa shape index (κ3) is 5.55. The van der Waals surface area contributed by atoms with Crippen LogP contribution in [0.1, 0.15) is 42.5 Å². The number of nitrogens with two attached hydrogens (primary N) is 1. The molecule has 0 radical (unpaired) electrons. The molecule has 0 aliphatic carbocycles. The van der Waals surface area contributed by atoms with Crippen LogP contribution in [0.5, 0.6) is 5.75 Å². The van der Waals surface area contributed by atoms with Crippen LogP contribution in [0.15, 0.2) is 72.8 Å². The Hall–Kier alpha value is -2.96. The van der Waals surface area contributed by atoms with Crippen LogP contribution in [0.3, 0.4) is 0 Å². The molecule has 30 heavy (non-hydrogen) atoms. The summed E-state index contributed by atoms with van der Waals surface area (Å²) in [6, 6.07) is 18.8. The number of hydrogen-bond acceptors (Lipinski definition) is 4. The molecular formula is C24H26F2N2O2. The molecule has 0 fully saturated rings. The summed E-state index contributed by atoms with van der Waals surface area (Å²) in [4.78, 5) is 1.97. The third-order valence-electron chi connectivity index (χ3n) is 5.22. The Morgan fingerprint density at radius 3 is 1.87 bits per heavy atom. The zero-order valence-corrected chi connectivity index (χ0v) is 16.6. The number of halogens is 2. The van der Waals surface area contributed by atoms with Gasteiger partial charge < -0.3 is 20.8 Å². The largest absolute Gasteiger partial charge is 0.508 e. The molecule has 0 aliphatic heterocycles. The van der Waals surface area contributed by atoms with Crippen molar-refractivity contribution in [3.05, 3.63) is 95.6 Å². The maximum atomic E-state index is 13.4. The second kappa shape index (κ2) is 10.2. The Labute approximate surface area is 175 Å². The first-order valence-electron chi connectivity index (χ1n) is 9.92. The van der Waals surface area contributed by atoms with Gasteiger partial charge >= 0.3 is 0 Å². The molecule has 0 heterocycles. The Balaban J connectivity index is 1.76. The fraction of sp³-hybridized carbons (Fsp3) is 0.250. The van der Waals surface area contributed by atoms with Crippen molar-refractivity contribution in [1.82, 2.24) is 0 Å².